The smallest absolute Gasteiger partial charge is 0.0944 e. The molecule has 0 aliphatic rings. The van der Waals surface area contributed by atoms with Gasteiger partial charge < -0.3 is 0 Å². The van der Waals surface area contributed by atoms with Gasteiger partial charge in [0, 0.05) is 12.1 Å². The first-order valence-corrected chi connectivity index (χ1v) is 11.0. The van der Waals surface area contributed by atoms with E-state index in [9.17, 15) is 0 Å². The largest absolute Gasteiger partial charge is 0.283 e. The van der Waals surface area contributed by atoms with Gasteiger partial charge in [-0.1, -0.05) is 47.2 Å². The first kappa shape index (κ1) is 15.6. The third-order valence-electron chi connectivity index (χ3n) is 3.51. The predicted molar refractivity (Wildman–Crippen MR) is 77.6 cm³/mol. The normalized spacial score (nSPS) is 14.0. The molecular formula is C12H30NPSi. The van der Waals surface area contributed by atoms with Crippen molar-refractivity contribution >= 4 is 16.0 Å². The minimum atomic E-state index is -0.952. The molecule has 0 aliphatic heterocycles. The van der Waals surface area contributed by atoms with Crippen LogP contribution in [0.15, 0.2) is 0 Å². The van der Waals surface area contributed by atoms with E-state index in [2.05, 4.69) is 53.1 Å². The van der Waals surface area contributed by atoms with Crippen LogP contribution in [0.3, 0.4) is 0 Å². The second-order valence-corrected chi connectivity index (χ2v) is 14.3. The van der Waals surface area contributed by atoms with Crippen molar-refractivity contribution in [1.29, 1.82) is 0 Å². The summed E-state index contributed by atoms with van der Waals surface area (Å²) < 4.78 is 2.72. The van der Waals surface area contributed by atoms with Crippen LogP contribution in [0.5, 0.6) is 0 Å². The Morgan fingerprint density at radius 3 is 1.40 bits per heavy atom. The molecule has 0 radical (unpaired) electrons. The summed E-state index contributed by atoms with van der Waals surface area (Å²) in [4.78, 5) is 0. The van der Waals surface area contributed by atoms with Crippen molar-refractivity contribution in [3.63, 3.8) is 0 Å². The van der Waals surface area contributed by atoms with Gasteiger partial charge in [-0.3, -0.25) is 4.67 Å². The van der Waals surface area contributed by atoms with E-state index < -0.39 is 7.74 Å². The molecule has 0 saturated heterocycles. The predicted octanol–water partition coefficient (Wildman–Crippen LogP) is 4.70. The maximum Gasteiger partial charge on any atom is 0.0944 e. The molecule has 0 aromatic heterocycles. The monoisotopic (exact) mass is 247 g/mol. The summed E-state index contributed by atoms with van der Waals surface area (Å²) in [6.45, 7) is 16.6. The lowest BCUT2D eigenvalue weighted by molar-refractivity contribution is 0.331. The number of rotatable bonds is 7. The summed E-state index contributed by atoms with van der Waals surface area (Å²) in [5.41, 5.74) is 0. The molecule has 0 bridgehead atoms. The van der Waals surface area contributed by atoms with Crippen LogP contribution in [0.4, 0.5) is 0 Å². The first-order chi connectivity index (χ1) is 6.92. The Balaban J connectivity index is 4.61. The van der Waals surface area contributed by atoms with Gasteiger partial charge in [0.25, 0.3) is 0 Å². The van der Waals surface area contributed by atoms with Crippen molar-refractivity contribution in [2.75, 3.05) is 0 Å². The standard InChI is InChI=1S/C12H30NPSi/c1-8-15(9-2,10-3)14-13(11(4)5)12(6)7/h11-12,14H,8-10H2,1-7H3. The zero-order valence-corrected chi connectivity index (χ0v) is 13.7. The Bertz CT molecular complexity index is 151. The number of nitrogens with zero attached hydrogens (tertiary/aromatic N) is 1. The van der Waals surface area contributed by atoms with E-state index in [0.717, 1.165) is 8.28 Å². The highest BCUT2D eigenvalue weighted by atomic mass is 31.4. The van der Waals surface area contributed by atoms with Gasteiger partial charge in [0.15, 0.2) is 0 Å². The molecule has 0 heterocycles. The van der Waals surface area contributed by atoms with Gasteiger partial charge in [0.2, 0.25) is 0 Å². The van der Waals surface area contributed by atoms with Crippen LogP contribution in [0.2, 0.25) is 18.1 Å². The lowest BCUT2D eigenvalue weighted by Crippen LogP contribution is -2.38. The van der Waals surface area contributed by atoms with E-state index in [0.29, 0.717) is 12.1 Å². The fourth-order valence-electron chi connectivity index (χ4n) is 2.12. The molecule has 0 aromatic carbocycles. The summed E-state index contributed by atoms with van der Waals surface area (Å²) in [6.07, 6.45) is 0. The second kappa shape index (κ2) is 7.03. The zero-order chi connectivity index (χ0) is 12.1. The van der Waals surface area contributed by atoms with Crippen LogP contribution < -0.4 is 0 Å². The first-order valence-electron chi connectivity index (χ1n) is 6.48. The van der Waals surface area contributed by atoms with Crippen molar-refractivity contribution in [2.24, 2.45) is 0 Å². The summed E-state index contributed by atoms with van der Waals surface area (Å²) in [6, 6.07) is 5.77. The van der Waals surface area contributed by atoms with Crippen LogP contribution >= 0.6 is 8.28 Å². The van der Waals surface area contributed by atoms with Gasteiger partial charge in [-0.25, -0.2) is 0 Å². The zero-order valence-electron chi connectivity index (χ0n) is 11.7. The van der Waals surface area contributed by atoms with Gasteiger partial charge in [-0.2, -0.15) is 0 Å². The minimum Gasteiger partial charge on any atom is -0.283 e. The molecule has 1 atom stereocenters. The highest BCUT2D eigenvalue weighted by molar-refractivity contribution is 7.80. The highest BCUT2D eigenvalue weighted by Gasteiger charge is 2.31. The van der Waals surface area contributed by atoms with Gasteiger partial charge in [-0.05, 0) is 27.7 Å². The molecule has 92 valence electrons. The van der Waals surface area contributed by atoms with Gasteiger partial charge >= 0.3 is 0 Å². The number of hydrogen-bond acceptors (Lipinski definition) is 1. The molecule has 0 aliphatic carbocycles. The number of hydrogen-bond donors (Lipinski definition) is 0. The van der Waals surface area contributed by atoms with E-state index in [1.54, 1.807) is 0 Å². The third-order valence-corrected chi connectivity index (χ3v) is 14.7. The van der Waals surface area contributed by atoms with Crippen molar-refractivity contribution < 1.29 is 0 Å². The van der Waals surface area contributed by atoms with Gasteiger partial charge in [0.1, 0.15) is 0 Å². The average molecular weight is 247 g/mol. The summed E-state index contributed by atoms with van der Waals surface area (Å²) in [5.74, 6) is 0. The fourth-order valence-corrected chi connectivity index (χ4v) is 9.77. The molecule has 0 spiro atoms. The fraction of sp³-hybridized carbons (Fsp3) is 1.00. The van der Waals surface area contributed by atoms with Gasteiger partial charge in [-0.15, -0.1) is 0 Å². The van der Waals surface area contributed by atoms with Crippen LogP contribution in [0, 0.1) is 0 Å². The molecule has 0 rings (SSSR count). The molecule has 3 heteroatoms. The Kier molecular flexibility index (Phi) is 7.32. The molecule has 0 aromatic rings. The van der Waals surface area contributed by atoms with E-state index in [1.807, 2.05) is 0 Å². The van der Waals surface area contributed by atoms with E-state index >= 15 is 0 Å². The highest BCUT2D eigenvalue weighted by Crippen LogP contribution is 2.42. The van der Waals surface area contributed by atoms with E-state index in [4.69, 9.17) is 0 Å². The minimum absolute atomic E-state index is 0.708. The molecule has 0 saturated carbocycles. The lowest BCUT2D eigenvalue weighted by Gasteiger charge is -2.39. The van der Waals surface area contributed by atoms with Crippen molar-refractivity contribution in [3.8, 4) is 0 Å². The maximum atomic E-state index is 2.72. The Labute approximate surface area is 99.7 Å². The Morgan fingerprint density at radius 1 is 0.867 bits per heavy atom. The average Bonchev–Trinajstić information content (AvgIpc) is 2.20. The maximum absolute atomic E-state index is 2.72. The molecule has 0 fully saturated rings. The van der Waals surface area contributed by atoms with Crippen LogP contribution in [-0.4, -0.2) is 24.5 Å². The van der Waals surface area contributed by atoms with Crippen molar-refractivity contribution in [1.82, 2.24) is 4.67 Å². The SMILES string of the molecule is CC[Si](CC)(CC)PN(C(C)C)C(C)C. The molecule has 1 unspecified atom stereocenters. The van der Waals surface area contributed by atoms with Crippen molar-refractivity contribution in [2.45, 2.75) is 78.7 Å². The van der Waals surface area contributed by atoms with E-state index in [-0.39, 0.29) is 0 Å². The van der Waals surface area contributed by atoms with Gasteiger partial charge in [0.05, 0.1) is 7.74 Å². The summed E-state index contributed by atoms with van der Waals surface area (Å²) in [5, 5.41) is 0. The van der Waals surface area contributed by atoms with Crippen LogP contribution in [-0.2, 0) is 0 Å². The Morgan fingerprint density at radius 2 is 1.20 bits per heavy atom. The Hall–Kier alpha value is 0.607. The molecular weight excluding hydrogens is 217 g/mol. The molecule has 0 amide bonds. The molecule has 1 nitrogen and oxygen atoms in total. The van der Waals surface area contributed by atoms with E-state index in [1.165, 1.54) is 18.1 Å². The van der Waals surface area contributed by atoms with Crippen molar-refractivity contribution in [3.05, 3.63) is 0 Å². The molecule has 0 N–H and O–H groups in total. The third kappa shape index (κ3) is 4.54. The quantitative estimate of drug-likeness (QED) is 0.465. The summed E-state index contributed by atoms with van der Waals surface area (Å²) >= 11 is 0. The van der Waals surface area contributed by atoms with Crippen LogP contribution in [0.1, 0.15) is 48.5 Å². The summed E-state index contributed by atoms with van der Waals surface area (Å²) in [7, 11) is 0.165. The topological polar surface area (TPSA) is 3.24 Å². The lowest BCUT2D eigenvalue weighted by atomic mass is 10.3. The van der Waals surface area contributed by atoms with Crippen LogP contribution in [0.25, 0.3) is 0 Å². The second-order valence-electron chi connectivity index (χ2n) is 5.05. The molecule has 15 heavy (non-hydrogen) atoms.